The summed E-state index contributed by atoms with van der Waals surface area (Å²) in [4.78, 5) is 0. The molecule has 108 valence electrons. The number of aliphatic hydroxyl groups excluding tert-OH is 1. The third-order valence-corrected chi connectivity index (χ3v) is 2.89. The summed E-state index contributed by atoms with van der Waals surface area (Å²) in [6, 6.07) is 8.20. The number of hydrogen-bond acceptors (Lipinski definition) is 3. The van der Waals surface area contributed by atoms with Gasteiger partial charge in [0.05, 0.1) is 12.7 Å². The SMILES string of the molecule is CC(C)CC(CO)NCc1ccccc1OC(C)C. The Kier molecular flexibility index (Phi) is 6.89. The third-order valence-electron chi connectivity index (χ3n) is 2.89. The summed E-state index contributed by atoms with van der Waals surface area (Å²) < 4.78 is 5.79. The second-order valence-corrected chi connectivity index (χ2v) is 5.66. The third kappa shape index (κ3) is 6.08. The van der Waals surface area contributed by atoms with E-state index < -0.39 is 0 Å². The molecule has 0 amide bonds. The van der Waals surface area contributed by atoms with Crippen molar-refractivity contribution in [2.24, 2.45) is 5.92 Å². The predicted octanol–water partition coefficient (Wildman–Crippen LogP) is 2.97. The smallest absolute Gasteiger partial charge is 0.124 e. The van der Waals surface area contributed by atoms with Gasteiger partial charge < -0.3 is 15.2 Å². The van der Waals surface area contributed by atoms with Crippen LogP contribution in [0.3, 0.4) is 0 Å². The molecule has 0 aliphatic rings. The monoisotopic (exact) mass is 265 g/mol. The summed E-state index contributed by atoms with van der Waals surface area (Å²) in [5.41, 5.74) is 1.14. The molecule has 0 spiro atoms. The lowest BCUT2D eigenvalue weighted by molar-refractivity contribution is 0.219. The average Bonchev–Trinajstić information content (AvgIpc) is 2.35. The molecule has 2 N–H and O–H groups in total. The van der Waals surface area contributed by atoms with E-state index >= 15 is 0 Å². The Hall–Kier alpha value is -1.06. The fourth-order valence-electron chi connectivity index (χ4n) is 2.06. The second kappa shape index (κ2) is 8.18. The second-order valence-electron chi connectivity index (χ2n) is 5.66. The molecule has 1 atom stereocenters. The van der Waals surface area contributed by atoms with Crippen LogP contribution >= 0.6 is 0 Å². The first-order chi connectivity index (χ1) is 9.02. The maximum atomic E-state index is 9.37. The molecule has 1 aromatic rings. The summed E-state index contributed by atoms with van der Waals surface area (Å²) >= 11 is 0. The van der Waals surface area contributed by atoms with Gasteiger partial charge in [-0.15, -0.1) is 0 Å². The van der Waals surface area contributed by atoms with Crippen LogP contribution in [0.1, 0.15) is 39.7 Å². The molecule has 1 unspecified atom stereocenters. The Labute approximate surface area is 117 Å². The minimum absolute atomic E-state index is 0.145. The molecule has 3 heteroatoms. The lowest BCUT2D eigenvalue weighted by Gasteiger charge is -2.20. The zero-order valence-corrected chi connectivity index (χ0v) is 12.5. The highest BCUT2D eigenvalue weighted by atomic mass is 16.5. The van der Waals surface area contributed by atoms with Gasteiger partial charge in [0.25, 0.3) is 0 Å². The molecular formula is C16H27NO2. The van der Waals surface area contributed by atoms with E-state index in [9.17, 15) is 5.11 Å². The van der Waals surface area contributed by atoms with Crippen molar-refractivity contribution >= 4 is 0 Å². The molecule has 3 nitrogen and oxygen atoms in total. The van der Waals surface area contributed by atoms with Crippen molar-refractivity contribution in [1.82, 2.24) is 5.32 Å². The van der Waals surface area contributed by atoms with Crippen molar-refractivity contribution < 1.29 is 9.84 Å². The fourth-order valence-corrected chi connectivity index (χ4v) is 2.06. The van der Waals surface area contributed by atoms with Gasteiger partial charge in [-0.25, -0.2) is 0 Å². The Morgan fingerprint density at radius 1 is 1.16 bits per heavy atom. The maximum Gasteiger partial charge on any atom is 0.124 e. The van der Waals surface area contributed by atoms with E-state index in [1.807, 2.05) is 32.0 Å². The molecular weight excluding hydrogens is 238 g/mol. The number of para-hydroxylation sites is 1. The van der Waals surface area contributed by atoms with Crippen LogP contribution in [0.4, 0.5) is 0 Å². The van der Waals surface area contributed by atoms with Crippen LogP contribution in [0.15, 0.2) is 24.3 Å². The first kappa shape index (κ1) is 16.0. The van der Waals surface area contributed by atoms with E-state index in [0.717, 1.165) is 24.3 Å². The fraction of sp³-hybridized carbons (Fsp3) is 0.625. The average molecular weight is 265 g/mol. The normalized spacial score (nSPS) is 13.0. The van der Waals surface area contributed by atoms with Crippen molar-refractivity contribution in [3.05, 3.63) is 29.8 Å². The summed E-state index contributed by atoms with van der Waals surface area (Å²) in [7, 11) is 0. The van der Waals surface area contributed by atoms with E-state index in [1.165, 1.54) is 0 Å². The van der Waals surface area contributed by atoms with Crippen LogP contribution in [0.2, 0.25) is 0 Å². The van der Waals surface area contributed by atoms with Gasteiger partial charge in [-0.3, -0.25) is 0 Å². The molecule has 0 saturated carbocycles. The first-order valence-corrected chi connectivity index (χ1v) is 7.11. The van der Waals surface area contributed by atoms with Crippen LogP contribution in [0.5, 0.6) is 5.75 Å². The zero-order valence-electron chi connectivity index (χ0n) is 12.5. The molecule has 1 aromatic carbocycles. The summed E-state index contributed by atoms with van der Waals surface area (Å²) in [5, 5.41) is 12.8. The molecule has 0 aliphatic heterocycles. The molecule has 0 fully saturated rings. The predicted molar refractivity (Wildman–Crippen MR) is 79.4 cm³/mol. The number of aliphatic hydroxyl groups is 1. The van der Waals surface area contributed by atoms with Crippen molar-refractivity contribution in [3.63, 3.8) is 0 Å². The minimum atomic E-state index is 0.145. The van der Waals surface area contributed by atoms with Crippen LogP contribution in [-0.2, 0) is 6.54 Å². The van der Waals surface area contributed by atoms with Crippen LogP contribution in [0.25, 0.3) is 0 Å². The topological polar surface area (TPSA) is 41.5 Å². The summed E-state index contributed by atoms with van der Waals surface area (Å²) in [6.07, 6.45) is 1.15. The van der Waals surface area contributed by atoms with Gasteiger partial charge in [0, 0.05) is 18.2 Å². The molecule has 0 saturated heterocycles. The maximum absolute atomic E-state index is 9.37. The van der Waals surface area contributed by atoms with E-state index in [-0.39, 0.29) is 18.8 Å². The van der Waals surface area contributed by atoms with Gasteiger partial charge in [0.1, 0.15) is 5.75 Å². The highest BCUT2D eigenvalue weighted by Gasteiger charge is 2.11. The largest absolute Gasteiger partial charge is 0.491 e. The molecule has 1 rings (SSSR count). The van der Waals surface area contributed by atoms with Crippen molar-refractivity contribution in [2.75, 3.05) is 6.61 Å². The van der Waals surface area contributed by atoms with Gasteiger partial charge in [0.15, 0.2) is 0 Å². The lowest BCUT2D eigenvalue weighted by Crippen LogP contribution is -2.33. The number of ether oxygens (including phenoxy) is 1. The zero-order chi connectivity index (χ0) is 14.3. The Bertz CT molecular complexity index is 364. The molecule has 0 radical (unpaired) electrons. The van der Waals surface area contributed by atoms with E-state index in [0.29, 0.717) is 5.92 Å². The van der Waals surface area contributed by atoms with Crippen LogP contribution in [-0.4, -0.2) is 23.9 Å². The number of benzene rings is 1. The number of hydrogen-bond donors (Lipinski definition) is 2. The van der Waals surface area contributed by atoms with Gasteiger partial charge in [-0.2, -0.15) is 0 Å². The Morgan fingerprint density at radius 2 is 1.84 bits per heavy atom. The molecule has 0 aromatic heterocycles. The standard InChI is InChI=1S/C16H27NO2/c1-12(2)9-15(11-18)17-10-14-7-5-6-8-16(14)19-13(3)4/h5-8,12-13,15,17-18H,9-11H2,1-4H3. The highest BCUT2D eigenvalue weighted by Crippen LogP contribution is 2.19. The molecule has 0 aliphatic carbocycles. The van der Waals surface area contributed by atoms with E-state index in [1.54, 1.807) is 0 Å². The first-order valence-electron chi connectivity index (χ1n) is 7.11. The molecule has 0 heterocycles. The molecule has 19 heavy (non-hydrogen) atoms. The van der Waals surface area contributed by atoms with Crippen molar-refractivity contribution in [2.45, 2.75) is 52.8 Å². The van der Waals surface area contributed by atoms with Gasteiger partial charge in [-0.1, -0.05) is 32.0 Å². The number of nitrogens with one attached hydrogen (secondary N) is 1. The van der Waals surface area contributed by atoms with Gasteiger partial charge in [-0.05, 0) is 32.3 Å². The van der Waals surface area contributed by atoms with Gasteiger partial charge in [0.2, 0.25) is 0 Å². The quantitative estimate of drug-likeness (QED) is 0.759. The van der Waals surface area contributed by atoms with E-state index in [2.05, 4.69) is 25.2 Å². The van der Waals surface area contributed by atoms with Crippen molar-refractivity contribution in [3.8, 4) is 5.75 Å². The Balaban J connectivity index is 2.60. The lowest BCUT2D eigenvalue weighted by atomic mass is 10.0. The van der Waals surface area contributed by atoms with E-state index in [4.69, 9.17) is 4.74 Å². The summed E-state index contributed by atoms with van der Waals surface area (Å²) in [6.45, 7) is 9.28. The van der Waals surface area contributed by atoms with Crippen LogP contribution in [0, 0.1) is 5.92 Å². The summed E-state index contributed by atoms with van der Waals surface area (Å²) in [5.74, 6) is 1.50. The van der Waals surface area contributed by atoms with Gasteiger partial charge >= 0.3 is 0 Å². The highest BCUT2D eigenvalue weighted by molar-refractivity contribution is 5.33. The van der Waals surface area contributed by atoms with Crippen molar-refractivity contribution in [1.29, 1.82) is 0 Å². The number of rotatable bonds is 8. The minimum Gasteiger partial charge on any atom is -0.491 e. The van der Waals surface area contributed by atoms with Crippen LogP contribution < -0.4 is 10.1 Å². The molecule has 0 bridgehead atoms. The Morgan fingerprint density at radius 3 is 2.42 bits per heavy atom.